The SMILES string of the molecule is C=Nc1c(/C=N\C)ccc(N2CC(NC(=O)CC3CN(C)C3)CC(C(F)(F)F)C2)c1/C=C\C. The van der Waals surface area contributed by atoms with Gasteiger partial charge in [-0.1, -0.05) is 12.2 Å². The van der Waals surface area contributed by atoms with E-state index < -0.39 is 18.1 Å². The highest BCUT2D eigenvalue weighted by Crippen LogP contribution is 2.39. The molecule has 2 heterocycles. The topological polar surface area (TPSA) is 60.3 Å². The quantitative estimate of drug-likeness (QED) is 0.624. The van der Waals surface area contributed by atoms with E-state index in [1.807, 2.05) is 26.1 Å². The molecule has 0 aliphatic carbocycles. The molecule has 1 aromatic carbocycles. The van der Waals surface area contributed by atoms with Crippen molar-refractivity contribution >= 4 is 36.3 Å². The van der Waals surface area contributed by atoms with Crippen molar-refractivity contribution in [1.82, 2.24) is 10.2 Å². The molecule has 2 aliphatic heterocycles. The summed E-state index contributed by atoms with van der Waals surface area (Å²) in [6.07, 6.45) is 1.16. The van der Waals surface area contributed by atoms with Crippen molar-refractivity contribution < 1.29 is 18.0 Å². The monoisotopic (exact) mass is 463 g/mol. The van der Waals surface area contributed by atoms with Crippen molar-refractivity contribution in [2.24, 2.45) is 21.8 Å². The highest BCUT2D eigenvalue weighted by Gasteiger charge is 2.45. The molecule has 2 unspecified atom stereocenters. The van der Waals surface area contributed by atoms with E-state index >= 15 is 0 Å². The van der Waals surface area contributed by atoms with Crippen molar-refractivity contribution in [3.63, 3.8) is 0 Å². The minimum atomic E-state index is -4.35. The van der Waals surface area contributed by atoms with Crippen LogP contribution < -0.4 is 10.2 Å². The first-order valence-corrected chi connectivity index (χ1v) is 11.1. The van der Waals surface area contributed by atoms with Gasteiger partial charge in [0.1, 0.15) is 0 Å². The van der Waals surface area contributed by atoms with Gasteiger partial charge < -0.3 is 15.1 Å². The number of halogens is 3. The van der Waals surface area contributed by atoms with Crippen molar-refractivity contribution in [1.29, 1.82) is 0 Å². The van der Waals surface area contributed by atoms with Gasteiger partial charge in [0.05, 0.1) is 11.6 Å². The molecular weight excluding hydrogens is 431 g/mol. The predicted octanol–water partition coefficient (Wildman–Crippen LogP) is 3.93. The fourth-order valence-electron chi connectivity index (χ4n) is 4.78. The van der Waals surface area contributed by atoms with E-state index in [0.717, 1.165) is 18.7 Å². The zero-order valence-electron chi connectivity index (χ0n) is 19.4. The van der Waals surface area contributed by atoms with Crippen LogP contribution in [0.5, 0.6) is 0 Å². The second-order valence-corrected chi connectivity index (χ2v) is 8.92. The number of likely N-dealkylation sites (tertiary alicyclic amines) is 1. The Morgan fingerprint density at radius 2 is 2.00 bits per heavy atom. The van der Waals surface area contributed by atoms with E-state index in [9.17, 15) is 18.0 Å². The number of rotatable bonds is 7. The molecule has 0 bridgehead atoms. The number of nitrogens with zero attached hydrogens (tertiary/aromatic N) is 4. The Labute approximate surface area is 193 Å². The van der Waals surface area contributed by atoms with Crippen LogP contribution >= 0.6 is 0 Å². The molecule has 6 nitrogen and oxygen atoms in total. The number of carbonyl (C=O) groups is 1. The largest absolute Gasteiger partial charge is 0.393 e. The van der Waals surface area contributed by atoms with Crippen LogP contribution in [0.1, 0.15) is 30.9 Å². The molecule has 180 valence electrons. The van der Waals surface area contributed by atoms with Crippen LogP contribution in [-0.2, 0) is 4.79 Å². The van der Waals surface area contributed by atoms with Crippen LogP contribution in [-0.4, -0.2) is 76.2 Å². The lowest BCUT2D eigenvalue weighted by Crippen LogP contribution is -2.55. The molecule has 3 rings (SSSR count). The summed E-state index contributed by atoms with van der Waals surface area (Å²) in [5.74, 6) is -1.46. The molecule has 2 atom stereocenters. The number of anilines is 1. The third-order valence-corrected chi connectivity index (χ3v) is 6.22. The zero-order valence-corrected chi connectivity index (χ0v) is 19.4. The summed E-state index contributed by atoms with van der Waals surface area (Å²) in [5.41, 5.74) is 2.64. The first-order chi connectivity index (χ1) is 15.7. The van der Waals surface area contributed by atoms with E-state index in [-0.39, 0.29) is 24.8 Å². The third kappa shape index (κ3) is 6.01. The fourth-order valence-corrected chi connectivity index (χ4v) is 4.78. The lowest BCUT2D eigenvalue weighted by molar-refractivity contribution is -0.178. The summed E-state index contributed by atoms with van der Waals surface area (Å²) in [6, 6.07) is 2.99. The Morgan fingerprint density at radius 3 is 2.58 bits per heavy atom. The highest BCUT2D eigenvalue weighted by molar-refractivity contribution is 5.93. The molecule has 1 aromatic rings. The van der Waals surface area contributed by atoms with Crippen LogP contribution in [0, 0.1) is 11.8 Å². The normalized spacial score (nSPS) is 22.7. The van der Waals surface area contributed by atoms with Gasteiger partial charge in [-0.25, -0.2) is 0 Å². The molecule has 2 fully saturated rings. The van der Waals surface area contributed by atoms with E-state index in [1.165, 1.54) is 0 Å². The van der Waals surface area contributed by atoms with Crippen molar-refractivity contribution in [2.75, 3.05) is 45.2 Å². The molecule has 2 aliphatic rings. The number of hydrogen-bond acceptors (Lipinski definition) is 5. The predicted molar refractivity (Wildman–Crippen MR) is 128 cm³/mol. The molecule has 0 saturated carbocycles. The maximum absolute atomic E-state index is 13.8. The maximum Gasteiger partial charge on any atom is 0.393 e. The molecule has 1 amide bonds. The van der Waals surface area contributed by atoms with Crippen molar-refractivity contribution in [3.05, 3.63) is 29.3 Å². The zero-order chi connectivity index (χ0) is 24.2. The lowest BCUT2D eigenvalue weighted by atomic mass is 9.91. The third-order valence-electron chi connectivity index (χ3n) is 6.22. The summed E-state index contributed by atoms with van der Waals surface area (Å²) in [6.45, 7) is 7.30. The minimum Gasteiger partial charge on any atom is -0.368 e. The number of nitrogens with one attached hydrogen (secondary N) is 1. The maximum atomic E-state index is 13.8. The van der Waals surface area contributed by atoms with Crippen LogP contribution in [0.2, 0.25) is 0 Å². The fraction of sp³-hybridized carbons (Fsp3) is 0.542. The Hall–Kier alpha value is -2.68. The minimum absolute atomic E-state index is 0.123. The van der Waals surface area contributed by atoms with E-state index in [4.69, 9.17) is 0 Å². The number of amides is 1. The number of benzene rings is 1. The molecule has 0 spiro atoms. The van der Waals surface area contributed by atoms with E-state index in [0.29, 0.717) is 29.9 Å². The Balaban J connectivity index is 1.88. The molecule has 2 saturated heterocycles. The van der Waals surface area contributed by atoms with Crippen LogP contribution in [0.3, 0.4) is 0 Å². The molecular formula is C24H32F3N5O. The van der Waals surface area contributed by atoms with Gasteiger partial charge in [0.2, 0.25) is 5.91 Å². The highest BCUT2D eigenvalue weighted by atomic mass is 19.4. The Bertz CT molecular complexity index is 921. The molecule has 33 heavy (non-hydrogen) atoms. The molecule has 0 aromatic heterocycles. The summed E-state index contributed by atoms with van der Waals surface area (Å²) in [5, 5.41) is 2.87. The standard InChI is InChI=1S/C24H32F3N5O/c1-5-6-20-21(8-7-17(11-28-2)23(20)29-3)32-14-18(24(25,26)27)10-19(15-32)30-22(33)9-16-12-31(4)13-16/h5-8,11,16,18-19H,3,9-10,12-15H2,1-2,4H3,(H,30,33)/b6-5-,28-11-. The summed E-state index contributed by atoms with van der Waals surface area (Å²) < 4.78 is 41.4. The number of piperidine rings is 1. The van der Waals surface area contributed by atoms with Gasteiger partial charge in [0.15, 0.2) is 0 Å². The first kappa shape index (κ1) is 25.0. The molecule has 1 N–H and O–H groups in total. The van der Waals surface area contributed by atoms with Gasteiger partial charge in [-0.05, 0) is 45.2 Å². The number of aliphatic imine (C=N–C) groups is 2. The van der Waals surface area contributed by atoms with Gasteiger partial charge >= 0.3 is 6.18 Å². The van der Waals surface area contributed by atoms with Crippen molar-refractivity contribution in [3.8, 4) is 0 Å². The van der Waals surface area contributed by atoms with E-state index in [2.05, 4.69) is 26.9 Å². The van der Waals surface area contributed by atoms with Crippen molar-refractivity contribution in [2.45, 2.75) is 32.0 Å². The van der Waals surface area contributed by atoms with Gasteiger partial charge in [0.25, 0.3) is 0 Å². The second-order valence-electron chi connectivity index (χ2n) is 8.92. The number of carbonyl (C=O) groups excluding carboxylic acids is 1. The van der Waals surface area contributed by atoms with Gasteiger partial charge in [0, 0.05) is 68.7 Å². The first-order valence-electron chi connectivity index (χ1n) is 11.1. The summed E-state index contributed by atoms with van der Waals surface area (Å²) in [7, 11) is 3.62. The van der Waals surface area contributed by atoms with Gasteiger partial charge in [-0.3, -0.25) is 14.8 Å². The Kier molecular flexibility index (Phi) is 7.94. The number of alkyl halides is 3. The number of hydrogen-bond donors (Lipinski definition) is 1. The average Bonchev–Trinajstić information content (AvgIpc) is 2.72. The van der Waals surface area contributed by atoms with Gasteiger partial charge in [-0.2, -0.15) is 13.2 Å². The lowest BCUT2D eigenvalue weighted by Gasteiger charge is -2.41. The van der Waals surface area contributed by atoms with E-state index in [1.54, 1.807) is 30.3 Å². The Morgan fingerprint density at radius 1 is 1.27 bits per heavy atom. The molecule has 0 radical (unpaired) electrons. The van der Waals surface area contributed by atoms with Gasteiger partial charge in [-0.15, -0.1) is 0 Å². The average molecular weight is 464 g/mol. The number of allylic oxidation sites excluding steroid dienone is 1. The second kappa shape index (κ2) is 10.5. The summed E-state index contributed by atoms with van der Waals surface area (Å²) >= 11 is 0. The molecule has 9 heteroatoms. The van der Waals surface area contributed by atoms with Crippen LogP contribution in [0.25, 0.3) is 6.08 Å². The van der Waals surface area contributed by atoms with Crippen LogP contribution in [0.4, 0.5) is 24.5 Å². The van der Waals surface area contributed by atoms with Crippen LogP contribution in [0.15, 0.2) is 28.2 Å². The summed E-state index contributed by atoms with van der Waals surface area (Å²) in [4.78, 5) is 24.5. The smallest absolute Gasteiger partial charge is 0.368 e.